The zero-order valence-corrected chi connectivity index (χ0v) is 19.2. The fourth-order valence-corrected chi connectivity index (χ4v) is 0. The minimum absolute atomic E-state index is 0. The van der Waals surface area contributed by atoms with Crippen LogP contribution < -0.4 is 99.8 Å². The smallest absolute Gasteiger partial charge is 0 e. The Kier molecular flexibility index (Phi) is 71.5. The second-order valence-electron chi connectivity index (χ2n) is 0.513. The minimum Gasteiger partial charge on any atom is 0 e. The molecule has 3 N–H and O–H groups in total. The average Bonchev–Trinajstić information content (AvgIpc) is 0.722. The molecular weight excluding hydrogens is 529 g/mol. The van der Waals surface area contributed by atoms with E-state index in [9.17, 15) is 0 Å². The second-order valence-corrected chi connectivity index (χ2v) is 3.44. The van der Waals surface area contributed by atoms with Gasteiger partial charge in [-0.05, 0) is 0 Å². The fourth-order valence-electron chi connectivity index (χ4n) is 0. The Morgan fingerprint density at radius 3 is 1.20 bits per heavy atom. The van der Waals surface area contributed by atoms with E-state index in [1.165, 1.54) is 0 Å². The van der Waals surface area contributed by atoms with E-state index in [1.807, 2.05) is 0 Å². The fraction of sp³-hybridized carbons (Fsp3) is 0. The molecule has 0 unspecified atom stereocenters. The molecule has 0 saturated heterocycles. The Balaban J connectivity index is -0.00000000286. The van der Waals surface area contributed by atoms with Crippen LogP contribution in [0.2, 0.25) is 0 Å². The van der Waals surface area contributed by atoms with E-state index in [4.69, 9.17) is 13.2 Å². The van der Waals surface area contributed by atoms with Crippen molar-refractivity contribution in [1.82, 2.24) is 0 Å². The molecule has 0 aliphatic heterocycles. The molecule has 0 aromatic carbocycles. The first-order valence-corrected chi connectivity index (χ1v) is 5.25. The molecule has 0 aromatic heterocycles. The summed E-state index contributed by atoms with van der Waals surface area (Å²) in [6.45, 7) is 0. The van der Waals surface area contributed by atoms with Crippen molar-refractivity contribution in [3.05, 3.63) is 0 Å². The predicted molar refractivity (Wildman–Crippen MR) is 16.4 cm³/mol. The summed E-state index contributed by atoms with van der Waals surface area (Å²) in [5, 5.41) is 0. The topological polar surface area (TPSA) is 77.8 Å². The van der Waals surface area contributed by atoms with Gasteiger partial charge in [0.2, 0.25) is 0 Å². The molecule has 10 heavy (non-hydrogen) atoms. The number of hydrogen-bond acceptors (Lipinski definition) is 1. The summed E-state index contributed by atoms with van der Waals surface area (Å²) in [6.07, 6.45) is 0. The monoisotopic (exact) mass is 534 g/mol. The maximum absolute atomic E-state index is 8.97. The molecule has 0 atom stereocenters. The van der Waals surface area contributed by atoms with Gasteiger partial charge in [0.15, 0.2) is 0 Å². The quantitative estimate of drug-likeness (QED) is 0.270. The van der Waals surface area contributed by atoms with Crippen LogP contribution >= 0.6 is 0 Å². The van der Waals surface area contributed by atoms with E-state index in [2.05, 4.69) is 0 Å². The molecule has 10 heteroatoms. The van der Waals surface area contributed by atoms with Gasteiger partial charge in [-0.2, -0.15) is 0 Å². The Morgan fingerprint density at radius 2 is 1.20 bits per heavy atom. The summed E-state index contributed by atoms with van der Waals surface area (Å²) in [6, 6.07) is 0. The van der Waals surface area contributed by atoms with Gasteiger partial charge in [-0.25, -0.2) is 0 Å². The van der Waals surface area contributed by atoms with Crippen LogP contribution in [0.15, 0.2) is 0 Å². The summed E-state index contributed by atoms with van der Waals surface area (Å²) < 4.78 is 30.8. The molecule has 48 valence electrons. The van der Waals surface area contributed by atoms with Crippen molar-refractivity contribution in [1.29, 1.82) is 0 Å². The van der Waals surface area contributed by atoms with Crippen LogP contribution in [-0.2, 0) is 47.8 Å². The summed E-state index contributed by atoms with van der Waals surface area (Å²) in [7, 11) is 0. The van der Waals surface area contributed by atoms with Crippen molar-refractivity contribution in [2.45, 2.75) is 0 Å². The normalized spacial score (nSPS) is 5.90. The summed E-state index contributed by atoms with van der Waals surface area (Å²) in [4.78, 5) is 0. The predicted octanol–water partition coefficient (Wildman–Crippen LogP) is -10.8. The maximum Gasteiger partial charge on any atom is 0 e. The van der Waals surface area contributed by atoms with Gasteiger partial charge in [0.25, 0.3) is 0 Å². The first-order chi connectivity index (χ1) is 2.00. The first kappa shape index (κ1) is 36.2. The van der Waals surface area contributed by atoms with Crippen LogP contribution in [0.3, 0.4) is 0 Å². The van der Waals surface area contributed by atoms with Gasteiger partial charge in [-0.3, -0.25) is 0 Å². The molecule has 2 radical (unpaired) electrons. The minimum atomic E-state index is -5.35. The zero-order chi connectivity index (χ0) is 4.50. The molecular formula is H6KLiNaNbO4SbTa. The van der Waals surface area contributed by atoms with Crippen LogP contribution in [0.1, 0.15) is 4.28 Å². The molecule has 4 nitrogen and oxygen atoms in total. The Bertz CT molecular complexity index is 81.5. The van der Waals surface area contributed by atoms with E-state index in [0.29, 0.717) is 0 Å². The van der Waals surface area contributed by atoms with Crippen molar-refractivity contribution in [2.24, 2.45) is 0 Å². The number of rotatable bonds is 0. The van der Waals surface area contributed by atoms with Crippen molar-refractivity contribution in [2.75, 3.05) is 0 Å². The molecule has 0 bridgehead atoms. The van der Waals surface area contributed by atoms with Crippen LogP contribution in [0.25, 0.3) is 0 Å². The van der Waals surface area contributed by atoms with Gasteiger partial charge >= 0.3 is 133 Å². The van der Waals surface area contributed by atoms with Crippen LogP contribution in [0.4, 0.5) is 0 Å². The third kappa shape index (κ3) is 72.5. The summed E-state index contributed by atoms with van der Waals surface area (Å²) in [5.74, 6) is 0. The zero-order valence-electron chi connectivity index (χ0n) is 9.09. The molecule has 0 aliphatic carbocycles. The van der Waals surface area contributed by atoms with Gasteiger partial charge in [0, 0.05) is 44.8 Å². The number of hydrogen-bond donors (Lipinski definition) is 3. The average molecular weight is 535 g/mol. The van der Waals surface area contributed by atoms with Crippen molar-refractivity contribution in [3.8, 4) is 0 Å². The Hall–Kier alpha value is 5.21. The van der Waals surface area contributed by atoms with Crippen LogP contribution in [-0.4, -0.2) is 30.2 Å². The van der Waals surface area contributed by atoms with Gasteiger partial charge < -0.3 is 4.28 Å². The van der Waals surface area contributed by atoms with E-state index in [0.717, 1.165) is 0 Å². The first-order valence-electron chi connectivity index (χ1n) is 0.783. The van der Waals surface area contributed by atoms with E-state index >= 15 is 0 Å². The van der Waals surface area contributed by atoms with Gasteiger partial charge in [-0.1, -0.05) is 0 Å². The van der Waals surface area contributed by atoms with E-state index < -0.39 is 20.1 Å². The van der Waals surface area contributed by atoms with E-state index in [-0.39, 0.29) is 149 Å². The van der Waals surface area contributed by atoms with Gasteiger partial charge in [0.1, 0.15) is 0 Å². The largest absolute Gasteiger partial charge is 0 e. The Labute approximate surface area is 177 Å². The molecule has 0 aliphatic rings. The van der Waals surface area contributed by atoms with Crippen molar-refractivity contribution < 1.29 is 162 Å². The summed E-state index contributed by atoms with van der Waals surface area (Å²) >= 11 is -5.35. The maximum atomic E-state index is 8.97. The van der Waals surface area contributed by atoms with Crippen molar-refractivity contribution >= 4 is 20.1 Å². The van der Waals surface area contributed by atoms with Crippen LogP contribution in [0, 0.1) is 0 Å². The second kappa shape index (κ2) is 19.7. The van der Waals surface area contributed by atoms with Gasteiger partial charge in [0.05, 0.1) is 0 Å². The third-order valence-corrected chi connectivity index (χ3v) is 0. The molecule has 0 amide bonds. The molecule has 0 heterocycles. The van der Waals surface area contributed by atoms with E-state index in [1.54, 1.807) is 0 Å². The SMILES string of the molecule is [H-].[H-].[H-].[K+].[Li+].[Na+].[Nb].[O]=[Sb]([OH])([OH])[OH].[Ta]. The molecule has 0 aromatic rings. The summed E-state index contributed by atoms with van der Waals surface area (Å²) in [5.41, 5.74) is 0. The standard InChI is InChI=1S/K.Li.Na.Nb.3H2O.O.Sb.Ta.3H/h;;;;3*1H2;;;;;;/q3*+1;;;;;;+3;;3*-1/p-3. The molecule has 0 spiro atoms. The molecule has 0 rings (SSSR count). The molecule has 0 fully saturated rings. The molecule has 0 saturated carbocycles. The van der Waals surface area contributed by atoms with Crippen LogP contribution in [0.5, 0.6) is 0 Å². The Morgan fingerprint density at radius 1 is 1.20 bits per heavy atom. The van der Waals surface area contributed by atoms with Crippen molar-refractivity contribution in [3.63, 3.8) is 0 Å². The third-order valence-electron chi connectivity index (χ3n) is 0. The van der Waals surface area contributed by atoms with Gasteiger partial charge in [-0.15, -0.1) is 0 Å².